The Hall–Kier alpha value is -1.03. The van der Waals surface area contributed by atoms with Crippen molar-refractivity contribution in [2.45, 2.75) is 6.92 Å². The van der Waals surface area contributed by atoms with Crippen molar-refractivity contribution in [1.29, 1.82) is 0 Å². The number of halogens is 2. The van der Waals surface area contributed by atoms with Gasteiger partial charge in [0.1, 0.15) is 0 Å². The fraction of sp³-hybridized carbons (Fsp3) is 0.0833. The molecule has 0 N–H and O–H groups in total. The Bertz CT molecular complexity index is 700. The van der Waals surface area contributed by atoms with Gasteiger partial charge in [-0.2, -0.15) is 0 Å². The van der Waals surface area contributed by atoms with E-state index in [0.717, 1.165) is 16.2 Å². The average Bonchev–Trinajstić information content (AvgIpc) is 2.86. The molecule has 3 aromatic rings. The minimum absolute atomic E-state index is 0.553. The summed E-state index contributed by atoms with van der Waals surface area (Å²) in [5.41, 5.74) is 3.08. The van der Waals surface area contributed by atoms with Crippen LogP contribution in [0.5, 0.6) is 0 Å². The highest BCUT2D eigenvalue weighted by Gasteiger charge is 2.08. The summed E-state index contributed by atoms with van der Waals surface area (Å²) >= 11 is 13.5. The summed E-state index contributed by atoms with van der Waals surface area (Å²) in [4.78, 5) is 5.54. The normalized spacial score (nSPS) is 11.2. The maximum Gasteiger partial charge on any atom is 0.194 e. The molecule has 0 aliphatic carbocycles. The number of thiazole rings is 1. The topological polar surface area (TPSA) is 17.3 Å². The minimum Gasteiger partial charge on any atom is -0.294 e. The molecule has 0 unspecified atom stereocenters. The Morgan fingerprint density at radius 2 is 2.06 bits per heavy atom. The fourth-order valence-corrected chi connectivity index (χ4v) is 2.84. The summed E-state index contributed by atoms with van der Waals surface area (Å²) in [7, 11) is 0. The number of rotatable bonds is 1. The van der Waals surface area contributed by atoms with Gasteiger partial charge in [0.2, 0.25) is 0 Å². The molecule has 1 aromatic carbocycles. The highest BCUT2D eigenvalue weighted by Crippen LogP contribution is 2.29. The first-order valence-electron chi connectivity index (χ1n) is 5.04. The van der Waals surface area contributed by atoms with E-state index in [1.54, 1.807) is 17.4 Å². The van der Waals surface area contributed by atoms with E-state index in [9.17, 15) is 0 Å². The molecule has 0 aliphatic rings. The van der Waals surface area contributed by atoms with Crippen LogP contribution in [0.15, 0.2) is 29.8 Å². The van der Waals surface area contributed by atoms with Crippen molar-refractivity contribution in [2.24, 2.45) is 0 Å². The Kier molecular flexibility index (Phi) is 2.62. The zero-order valence-electron chi connectivity index (χ0n) is 8.95. The monoisotopic (exact) mass is 282 g/mol. The van der Waals surface area contributed by atoms with Gasteiger partial charge in [0.25, 0.3) is 0 Å². The van der Waals surface area contributed by atoms with Gasteiger partial charge in [-0.25, -0.2) is 4.98 Å². The van der Waals surface area contributed by atoms with Crippen LogP contribution in [0.2, 0.25) is 10.0 Å². The second kappa shape index (κ2) is 4.02. The third-order valence-electron chi connectivity index (χ3n) is 2.60. The van der Waals surface area contributed by atoms with Crippen LogP contribution in [-0.4, -0.2) is 9.38 Å². The Morgan fingerprint density at radius 1 is 1.24 bits per heavy atom. The van der Waals surface area contributed by atoms with Gasteiger partial charge >= 0.3 is 0 Å². The molecule has 0 aliphatic heterocycles. The van der Waals surface area contributed by atoms with Gasteiger partial charge in [-0.1, -0.05) is 29.3 Å². The predicted molar refractivity (Wildman–Crippen MR) is 73.3 cm³/mol. The van der Waals surface area contributed by atoms with E-state index in [4.69, 9.17) is 23.2 Å². The average molecular weight is 283 g/mol. The van der Waals surface area contributed by atoms with E-state index in [-0.39, 0.29) is 0 Å². The molecule has 3 rings (SSSR count). The molecule has 2 aromatic heterocycles. The lowest BCUT2D eigenvalue weighted by Gasteiger charge is -1.99. The van der Waals surface area contributed by atoms with Gasteiger partial charge in [-0.3, -0.25) is 4.40 Å². The van der Waals surface area contributed by atoms with E-state index in [2.05, 4.69) is 21.7 Å². The lowest BCUT2D eigenvalue weighted by Crippen LogP contribution is -1.79. The molecule has 0 saturated heterocycles. The lowest BCUT2D eigenvalue weighted by molar-refractivity contribution is 1.13. The first-order chi connectivity index (χ1) is 8.15. The Balaban J connectivity index is 2.16. The number of aryl methyl sites for hydroxylation is 1. The van der Waals surface area contributed by atoms with Crippen LogP contribution in [0.25, 0.3) is 16.2 Å². The molecule has 2 heterocycles. The zero-order chi connectivity index (χ0) is 12.0. The molecule has 5 heteroatoms. The smallest absolute Gasteiger partial charge is 0.194 e. The molecular formula is C12H8Cl2N2S. The van der Waals surface area contributed by atoms with E-state index >= 15 is 0 Å². The molecular weight excluding hydrogens is 275 g/mol. The molecule has 0 spiro atoms. The second-order valence-corrected chi connectivity index (χ2v) is 5.44. The number of aromatic nitrogens is 2. The number of benzene rings is 1. The summed E-state index contributed by atoms with van der Waals surface area (Å²) in [6.45, 7) is 2.06. The van der Waals surface area contributed by atoms with Gasteiger partial charge in [0, 0.05) is 22.8 Å². The van der Waals surface area contributed by atoms with Crippen molar-refractivity contribution in [3.05, 3.63) is 45.5 Å². The first kappa shape index (κ1) is 11.1. The maximum absolute atomic E-state index is 6.00. The summed E-state index contributed by atoms with van der Waals surface area (Å²) in [6, 6.07) is 5.56. The standard InChI is InChI=1S/C12H8Cl2N2S/c1-7-6-17-12-15-11(5-16(7)12)8-2-3-9(13)10(14)4-8/h2-6H,1H3. The van der Waals surface area contributed by atoms with E-state index in [1.165, 1.54) is 5.69 Å². The van der Waals surface area contributed by atoms with Crippen molar-refractivity contribution >= 4 is 39.5 Å². The zero-order valence-corrected chi connectivity index (χ0v) is 11.3. The van der Waals surface area contributed by atoms with Crippen molar-refractivity contribution in [3.63, 3.8) is 0 Å². The van der Waals surface area contributed by atoms with E-state index < -0.39 is 0 Å². The third kappa shape index (κ3) is 1.84. The van der Waals surface area contributed by atoms with Crippen molar-refractivity contribution in [3.8, 4) is 11.3 Å². The van der Waals surface area contributed by atoms with Gasteiger partial charge in [-0.15, -0.1) is 11.3 Å². The summed E-state index contributed by atoms with van der Waals surface area (Å²) in [5, 5.41) is 3.20. The maximum atomic E-state index is 6.00. The van der Waals surface area contributed by atoms with Crippen LogP contribution in [0.3, 0.4) is 0 Å². The number of nitrogens with zero attached hydrogens (tertiary/aromatic N) is 2. The van der Waals surface area contributed by atoms with E-state index in [0.29, 0.717) is 10.0 Å². The number of hydrogen-bond acceptors (Lipinski definition) is 2. The SMILES string of the molecule is Cc1csc2nc(-c3ccc(Cl)c(Cl)c3)cn12. The quantitative estimate of drug-likeness (QED) is 0.634. The van der Waals surface area contributed by atoms with Crippen LogP contribution in [0.4, 0.5) is 0 Å². The van der Waals surface area contributed by atoms with Crippen LogP contribution < -0.4 is 0 Å². The molecule has 0 bridgehead atoms. The van der Waals surface area contributed by atoms with Gasteiger partial charge in [0.05, 0.1) is 15.7 Å². The molecule has 0 fully saturated rings. The summed E-state index contributed by atoms with van der Waals surface area (Å²) in [5.74, 6) is 0. The van der Waals surface area contributed by atoms with Gasteiger partial charge in [-0.05, 0) is 19.1 Å². The molecule has 0 radical (unpaired) electrons. The fourth-order valence-electron chi connectivity index (χ4n) is 1.69. The highest BCUT2D eigenvalue weighted by molar-refractivity contribution is 7.15. The third-order valence-corrected chi connectivity index (χ3v) is 4.30. The molecule has 17 heavy (non-hydrogen) atoms. The van der Waals surface area contributed by atoms with Crippen LogP contribution >= 0.6 is 34.5 Å². The molecule has 0 amide bonds. The summed E-state index contributed by atoms with van der Waals surface area (Å²) in [6.07, 6.45) is 2.01. The highest BCUT2D eigenvalue weighted by atomic mass is 35.5. The number of hydrogen-bond donors (Lipinski definition) is 0. The molecule has 86 valence electrons. The van der Waals surface area contributed by atoms with Crippen LogP contribution in [0, 0.1) is 6.92 Å². The van der Waals surface area contributed by atoms with Crippen molar-refractivity contribution in [1.82, 2.24) is 9.38 Å². The predicted octanol–water partition coefficient (Wildman–Crippen LogP) is 4.68. The first-order valence-corrected chi connectivity index (χ1v) is 6.67. The van der Waals surface area contributed by atoms with Crippen LogP contribution in [0.1, 0.15) is 5.69 Å². The second-order valence-electron chi connectivity index (χ2n) is 3.78. The minimum atomic E-state index is 0.553. The van der Waals surface area contributed by atoms with E-state index in [1.807, 2.05) is 18.3 Å². The Morgan fingerprint density at radius 3 is 2.76 bits per heavy atom. The summed E-state index contributed by atoms with van der Waals surface area (Å²) < 4.78 is 2.07. The lowest BCUT2D eigenvalue weighted by atomic mass is 10.2. The van der Waals surface area contributed by atoms with Crippen molar-refractivity contribution < 1.29 is 0 Å². The van der Waals surface area contributed by atoms with Crippen LogP contribution in [-0.2, 0) is 0 Å². The van der Waals surface area contributed by atoms with Gasteiger partial charge < -0.3 is 0 Å². The van der Waals surface area contributed by atoms with Gasteiger partial charge in [0.15, 0.2) is 4.96 Å². The molecule has 2 nitrogen and oxygen atoms in total. The Labute approximate surface area is 112 Å². The largest absolute Gasteiger partial charge is 0.294 e. The van der Waals surface area contributed by atoms with Crippen molar-refractivity contribution in [2.75, 3.05) is 0 Å². The molecule has 0 atom stereocenters. The number of imidazole rings is 1. The number of fused-ring (bicyclic) bond motifs is 1. The molecule has 0 saturated carbocycles.